The number of furan rings is 1. The van der Waals surface area contributed by atoms with Crippen LogP contribution in [0, 0.1) is 0 Å². The van der Waals surface area contributed by atoms with Crippen LogP contribution in [0.25, 0.3) is 16.7 Å². The van der Waals surface area contributed by atoms with Crippen molar-refractivity contribution < 1.29 is 9.15 Å². The van der Waals surface area contributed by atoms with Gasteiger partial charge in [-0.15, -0.1) is 0 Å². The second kappa shape index (κ2) is 5.38. The minimum absolute atomic E-state index is 0.626. The summed E-state index contributed by atoms with van der Waals surface area (Å²) in [4.78, 5) is 4.86. The first-order valence-corrected chi connectivity index (χ1v) is 8.22. The van der Waals surface area contributed by atoms with Gasteiger partial charge in [0.25, 0.3) is 0 Å². The molecule has 25 heavy (non-hydrogen) atoms. The maximum atomic E-state index is 6.14. The van der Waals surface area contributed by atoms with Crippen LogP contribution in [0.15, 0.2) is 76.3 Å². The summed E-state index contributed by atoms with van der Waals surface area (Å²) in [5, 5.41) is 1.01. The highest BCUT2D eigenvalue weighted by Gasteiger charge is 2.21. The smallest absolute Gasteiger partial charge is 0.176 e. The first-order chi connectivity index (χ1) is 12.3. The SMILES string of the molecule is COc1cccc2cc(C3=NCc4ccccc4-n4cccc43)oc12. The Morgan fingerprint density at radius 3 is 2.88 bits per heavy atom. The van der Waals surface area contributed by atoms with Crippen LogP contribution < -0.4 is 4.74 Å². The average Bonchev–Trinajstić information content (AvgIpc) is 3.26. The number of hydrogen-bond acceptors (Lipinski definition) is 3. The summed E-state index contributed by atoms with van der Waals surface area (Å²) in [5.74, 6) is 1.49. The monoisotopic (exact) mass is 328 g/mol. The number of fused-ring (bicyclic) bond motifs is 4. The zero-order valence-electron chi connectivity index (χ0n) is 13.8. The lowest BCUT2D eigenvalue weighted by Crippen LogP contribution is -2.07. The summed E-state index contributed by atoms with van der Waals surface area (Å²) >= 11 is 0. The van der Waals surface area contributed by atoms with Gasteiger partial charge in [-0.05, 0) is 35.9 Å². The molecule has 0 bridgehead atoms. The third-order valence-electron chi connectivity index (χ3n) is 4.61. The Balaban J connectivity index is 1.72. The zero-order valence-corrected chi connectivity index (χ0v) is 13.8. The maximum absolute atomic E-state index is 6.14. The van der Waals surface area contributed by atoms with E-state index in [1.807, 2.05) is 30.3 Å². The van der Waals surface area contributed by atoms with E-state index in [9.17, 15) is 0 Å². The molecule has 4 nitrogen and oxygen atoms in total. The lowest BCUT2D eigenvalue weighted by Gasteiger charge is -2.09. The fraction of sp³-hybridized carbons (Fsp3) is 0.0952. The third-order valence-corrected chi connectivity index (χ3v) is 4.61. The maximum Gasteiger partial charge on any atom is 0.176 e. The average molecular weight is 328 g/mol. The predicted molar refractivity (Wildman–Crippen MR) is 97.9 cm³/mol. The van der Waals surface area contributed by atoms with E-state index in [0.29, 0.717) is 6.54 Å². The van der Waals surface area contributed by atoms with Crippen LogP contribution in [0.3, 0.4) is 0 Å². The molecule has 0 atom stereocenters. The molecular weight excluding hydrogens is 312 g/mol. The number of aromatic nitrogens is 1. The molecule has 4 aromatic rings. The number of rotatable bonds is 2. The van der Waals surface area contributed by atoms with E-state index in [4.69, 9.17) is 14.1 Å². The van der Waals surface area contributed by atoms with Crippen molar-refractivity contribution >= 4 is 16.7 Å². The van der Waals surface area contributed by atoms with Crippen LogP contribution in [0.5, 0.6) is 5.75 Å². The molecule has 0 aliphatic carbocycles. The van der Waals surface area contributed by atoms with Crippen LogP contribution in [0.4, 0.5) is 0 Å². The molecule has 0 saturated carbocycles. The number of benzene rings is 2. The van der Waals surface area contributed by atoms with Gasteiger partial charge in [0.1, 0.15) is 5.71 Å². The molecule has 2 aromatic carbocycles. The highest BCUT2D eigenvalue weighted by Crippen LogP contribution is 2.31. The van der Waals surface area contributed by atoms with Crippen molar-refractivity contribution in [3.05, 3.63) is 83.9 Å². The van der Waals surface area contributed by atoms with Crippen LogP contribution in [-0.4, -0.2) is 17.4 Å². The first-order valence-electron chi connectivity index (χ1n) is 8.22. The van der Waals surface area contributed by atoms with Gasteiger partial charge in [-0.2, -0.15) is 0 Å². The van der Waals surface area contributed by atoms with E-state index in [-0.39, 0.29) is 0 Å². The van der Waals surface area contributed by atoms with Crippen LogP contribution in [0.2, 0.25) is 0 Å². The summed E-state index contributed by atoms with van der Waals surface area (Å²) in [6.07, 6.45) is 2.07. The number of aliphatic imine (C=N–C) groups is 1. The van der Waals surface area contributed by atoms with Crippen LogP contribution >= 0.6 is 0 Å². The second-order valence-electron chi connectivity index (χ2n) is 6.05. The normalized spacial score (nSPS) is 13.1. The van der Waals surface area contributed by atoms with Crippen molar-refractivity contribution in [2.24, 2.45) is 4.99 Å². The Bertz CT molecular complexity index is 1120. The summed E-state index contributed by atoms with van der Waals surface area (Å²) in [7, 11) is 1.65. The van der Waals surface area contributed by atoms with Gasteiger partial charge in [0.05, 0.1) is 25.0 Å². The minimum Gasteiger partial charge on any atom is -0.493 e. The van der Waals surface area contributed by atoms with Crippen LogP contribution in [-0.2, 0) is 6.54 Å². The topological polar surface area (TPSA) is 39.7 Å². The van der Waals surface area contributed by atoms with E-state index in [1.54, 1.807) is 7.11 Å². The third kappa shape index (κ3) is 2.11. The number of para-hydroxylation sites is 2. The second-order valence-corrected chi connectivity index (χ2v) is 6.05. The van der Waals surface area contributed by atoms with Crippen molar-refractivity contribution in [3.63, 3.8) is 0 Å². The Morgan fingerprint density at radius 2 is 1.96 bits per heavy atom. The molecule has 0 fully saturated rings. The molecule has 0 saturated heterocycles. The fourth-order valence-electron chi connectivity index (χ4n) is 3.43. The molecule has 3 heterocycles. The molecule has 2 aromatic heterocycles. The van der Waals surface area contributed by atoms with E-state index >= 15 is 0 Å². The summed E-state index contributed by atoms with van der Waals surface area (Å²) in [5.41, 5.74) is 5.00. The van der Waals surface area contributed by atoms with Crippen molar-refractivity contribution in [1.82, 2.24) is 4.57 Å². The zero-order chi connectivity index (χ0) is 16.8. The number of hydrogen-bond donors (Lipinski definition) is 0. The van der Waals surface area contributed by atoms with Crippen molar-refractivity contribution in [2.45, 2.75) is 6.54 Å². The van der Waals surface area contributed by atoms with Crippen molar-refractivity contribution in [1.29, 1.82) is 0 Å². The molecular formula is C21H16N2O2. The van der Waals surface area contributed by atoms with Gasteiger partial charge >= 0.3 is 0 Å². The van der Waals surface area contributed by atoms with Gasteiger partial charge < -0.3 is 13.7 Å². The molecule has 0 unspecified atom stereocenters. The molecule has 1 aliphatic heterocycles. The highest BCUT2D eigenvalue weighted by atomic mass is 16.5. The van der Waals surface area contributed by atoms with Gasteiger partial charge in [0.2, 0.25) is 0 Å². The summed E-state index contributed by atoms with van der Waals surface area (Å²) in [6, 6.07) is 20.4. The number of nitrogens with zero attached hydrogens (tertiary/aromatic N) is 2. The number of ether oxygens (including phenoxy) is 1. The lowest BCUT2D eigenvalue weighted by atomic mass is 10.1. The molecule has 4 heteroatoms. The Labute approximate surface area is 145 Å². The molecule has 122 valence electrons. The highest BCUT2D eigenvalue weighted by molar-refractivity contribution is 6.12. The molecule has 0 radical (unpaired) electrons. The molecule has 0 spiro atoms. The molecule has 1 aliphatic rings. The molecule has 5 rings (SSSR count). The van der Waals surface area contributed by atoms with Crippen LogP contribution in [0.1, 0.15) is 17.0 Å². The predicted octanol–water partition coefficient (Wildman–Crippen LogP) is 4.58. The van der Waals surface area contributed by atoms with Gasteiger partial charge in [0.15, 0.2) is 17.1 Å². The van der Waals surface area contributed by atoms with Gasteiger partial charge in [0, 0.05) is 11.6 Å². The Hall–Kier alpha value is -3.27. The first kappa shape index (κ1) is 14.1. The van der Waals surface area contributed by atoms with Gasteiger partial charge in [-0.1, -0.05) is 30.3 Å². The quantitative estimate of drug-likeness (QED) is 0.540. The van der Waals surface area contributed by atoms with Gasteiger partial charge in [-0.3, -0.25) is 4.99 Å². The Morgan fingerprint density at radius 1 is 1.04 bits per heavy atom. The van der Waals surface area contributed by atoms with E-state index in [2.05, 4.69) is 41.1 Å². The van der Waals surface area contributed by atoms with Crippen molar-refractivity contribution in [3.8, 4) is 11.4 Å². The minimum atomic E-state index is 0.626. The largest absolute Gasteiger partial charge is 0.493 e. The van der Waals surface area contributed by atoms with E-state index in [1.165, 1.54) is 5.56 Å². The standard InChI is InChI=1S/C21H16N2O2/c1-24-18-10-4-7-14-12-19(25-21(14)18)20-17-9-5-11-23(17)16-8-3-2-6-15(16)13-22-20/h2-12H,13H2,1H3. The van der Waals surface area contributed by atoms with E-state index < -0.39 is 0 Å². The number of methoxy groups -OCH3 is 1. The molecule has 0 N–H and O–H groups in total. The fourth-order valence-corrected chi connectivity index (χ4v) is 3.43. The van der Waals surface area contributed by atoms with E-state index in [0.717, 1.165) is 39.6 Å². The summed E-state index contributed by atoms with van der Waals surface area (Å²) in [6.45, 7) is 0.626. The summed E-state index contributed by atoms with van der Waals surface area (Å²) < 4.78 is 13.7. The lowest BCUT2D eigenvalue weighted by molar-refractivity contribution is 0.410. The van der Waals surface area contributed by atoms with Gasteiger partial charge in [-0.25, -0.2) is 0 Å². The molecule has 0 amide bonds. The Kier molecular flexibility index (Phi) is 3.04. The van der Waals surface area contributed by atoms with Crippen molar-refractivity contribution in [2.75, 3.05) is 7.11 Å².